The van der Waals surface area contributed by atoms with Gasteiger partial charge in [0.2, 0.25) is 11.8 Å². The second-order valence-corrected chi connectivity index (χ2v) is 9.18. The molecule has 2 saturated heterocycles. The maximum absolute atomic E-state index is 13.0. The Morgan fingerprint density at radius 3 is 2.69 bits per heavy atom. The van der Waals surface area contributed by atoms with Crippen LogP contribution in [0.2, 0.25) is 0 Å². The van der Waals surface area contributed by atoms with Gasteiger partial charge in [-0.2, -0.15) is 11.8 Å². The fourth-order valence-corrected chi connectivity index (χ4v) is 5.17. The van der Waals surface area contributed by atoms with Crippen molar-refractivity contribution in [3.05, 3.63) is 65.7 Å². The zero-order valence-electron chi connectivity index (χ0n) is 18.0. The van der Waals surface area contributed by atoms with Crippen molar-refractivity contribution in [1.29, 1.82) is 0 Å². The lowest BCUT2D eigenvalue weighted by atomic mass is 10.1. The summed E-state index contributed by atoms with van der Waals surface area (Å²) in [7, 11) is 0. The number of nitrogens with zero attached hydrogens (tertiary/aromatic N) is 1. The van der Waals surface area contributed by atoms with Crippen molar-refractivity contribution in [3.8, 4) is 0 Å². The smallest absolute Gasteiger partial charge is 0.319 e. The van der Waals surface area contributed by atoms with Crippen molar-refractivity contribution in [2.24, 2.45) is 0 Å². The van der Waals surface area contributed by atoms with E-state index in [0.29, 0.717) is 18.7 Å². The zero-order valence-corrected chi connectivity index (χ0v) is 18.9. The van der Waals surface area contributed by atoms with E-state index in [2.05, 4.69) is 22.9 Å². The fraction of sp³-hybridized carbons (Fsp3) is 0.375. The summed E-state index contributed by atoms with van der Waals surface area (Å²) in [4.78, 5) is 39.6. The van der Waals surface area contributed by atoms with Crippen LogP contribution in [0.1, 0.15) is 24.5 Å². The highest BCUT2D eigenvalue weighted by molar-refractivity contribution is 7.98. The van der Waals surface area contributed by atoms with Gasteiger partial charge in [0, 0.05) is 23.7 Å². The van der Waals surface area contributed by atoms with Crippen LogP contribution in [0.4, 0.5) is 10.5 Å². The molecule has 0 bridgehead atoms. The van der Waals surface area contributed by atoms with Crippen LogP contribution >= 0.6 is 11.8 Å². The Hall–Kier alpha value is -3.00. The molecule has 168 valence electrons. The second kappa shape index (κ2) is 10.1. The number of carbonyl (C=O) groups excluding carboxylic acids is 3. The highest BCUT2D eigenvalue weighted by atomic mass is 32.2. The Bertz CT molecular complexity index is 984. The van der Waals surface area contributed by atoms with Crippen LogP contribution in [0.15, 0.2) is 54.6 Å². The van der Waals surface area contributed by atoms with Crippen LogP contribution < -0.4 is 16.0 Å². The number of amides is 4. The molecular weight excluding hydrogens is 424 g/mol. The summed E-state index contributed by atoms with van der Waals surface area (Å²) in [5.74, 6) is 1.09. The largest absolute Gasteiger partial charge is 0.342 e. The summed E-state index contributed by atoms with van der Waals surface area (Å²) < 4.78 is 0. The molecule has 4 amide bonds. The number of carbonyl (C=O) groups is 3. The first-order chi connectivity index (χ1) is 15.5. The van der Waals surface area contributed by atoms with E-state index in [1.165, 1.54) is 5.56 Å². The number of fused-ring (bicyclic) bond motifs is 1. The van der Waals surface area contributed by atoms with Gasteiger partial charge >= 0.3 is 6.03 Å². The highest BCUT2D eigenvalue weighted by Gasteiger charge is 2.46. The molecule has 2 heterocycles. The molecule has 3 atom stereocenters. The molecule has 0 spiro atoms. The van der Waals surface area contributed by atoms with E-state index >= 15 is 0 Å². The standard InChI is InChI=1S/C24H28N4O3S/c1-2-16-9-6-10-18(11-16)25-24(31)26-19-12-21-22(29)27-20(23(30)28(21)13-19)15-32-14-17-7-4-3-5-8-17/h3-11,19-21H,2,12-15H2,1H3,(H,27,29)(H2,25,26,31)/t19-,20-,21-/m0/s1. The van der Waals surface area contributed by atoms with Gasteiger partial charge in [-0.05, 0) is 36.1 Å². The number of urea groups is 1. The predicted octanol–water partition coefficient (Wildman–Crippen LogP) is 2.77. The van der Waals surface area contributed by atoms with E-state index in [9.17, 15) is 14.4 Å². The van der Waals surface area contributed by atoms with Gasteiger partial charge in [0.15, 0.2) is 0 Å². The number of anilines is 1. The normalized spacial score (nSPS) is 22.3. The quantitative estimate of drug-likeness (QED) is 0.603. The van der Waals surface area contributed by atoms with Gasteiger partial charge in [-0.3, -0.25) is 9.59 Å². The van der Waals surface area contributed by atoms with Crippen molar-refractivity contribution in [3.63, 3.8) is 0 Å². The molecule has 0 aliphatic carbocycles. The molecule has 8 heteroatoms. The van der Waals surface area contributed by atoms with Gasteiger partial charge < -0.3 is 20.9 Å². The molecular formula is C24H28N4O3S. The average molecular weight is 453 g/mol. The van der Waals surface area contributed by atoms with E-state index < -0.39 is 12.1 Å². The molecule has 3 N–H and O–H groups in total. The first kappa shape index (κ1) is 22.2. The van der Waals surface area contributed by atoms with E-state index in [1.807, 2.05) is 54.6 Å². The van der Waals surface area contributed by atoms with E-state index in [4.69, 9.17) is 0 Å². The van der Waals surface area contributed by atoms with Crippen LogP contribution in [0, 0.1) is 0 Å². The first-order valence-corrected chi connectivity index (χ1v) is 12.1. The summed E-state index contributed by atoms with van der Waals surface area (Å²) >= 11 is 1.63. The molecule has 0 aromatic heterocycles. The van der Waals surface area contributed by atoms with E-state index in [-0.39, 0.29) is 23.9 Å². The van der Waals surface area contributed by atoms with Gasteiger partial charge in [-0.1, -0.05) is 49.4 Å². The van der Waals surface area contributed by atoms with Gasteiger partial charge in [0.1, 0.15) is 12.1 Å². The Morgan fingerprint density at radius 2 is 1.91 bits per heavy atom. The number of piperazine rings is 1. The number of hydrogen-bond donors (Lipinski definition) is 3. The van der Waals surface area contributed by atoms with Crippen molar-refractivity contribution >= 4 is 35.3 Å². The lowest BCUT2D eigenvalue weighted by molar-refractivity contribution is -0.146. The van der Waals surface area contributed by atoms with Crippen molar-refractivity contribution in [2.75, 3.05) is 17.6 Å². The summed E-state index contributed by atoms with van der Waals surface area (Å²) in [6.45, 7) is 2.41. The third-order valence-electron chi connectivity index (χ3n) is 5.83. The Kier molecular flexibility index (Phi) is 6.99. The number of rotatable bonds is 7. The highest BCUT2D eigenvalue weighted by Crippen LogP contribution is 2.25. The second-order valence-electron chi connectivity index (χ2n) is 8.15. The number of benzene rings is 2. The summed E-state index contributed by atoms with van der Waals surface area (Å²) in [6, 6.07) is 16.1. The lowest BCUT2D eigenvalue weighted by Gasteiger charge is -2.34. The van der Waals surface area contributed by atoms with Crippen molar-refractivity contribution < 1.29 is 14.4 Å². The molecule has 0 radical (unpaired) electrons. The topological polar surface area (TPSA) is 90.5 Å². The van der Waals surface area contributed by atoms with Crippen LogP contribution in [-0.2, 0) is 21.8 Å². The number of aryl methyl sites for hydroxylation is 1. The molecule has 2 aromatic rings. The van der Waals surface area contributed by atoms with Crippen molar-refractivity contribution in [2.45, 2.75) is 43.6 Å². The Morgan fingerprint density at radius 1 is 1.12 bits per heavy atom. The summed E-state index contributed by atoms with van der Waals surface area (Å²) in [6.07, 6.45) is 1.31. The fourth-order valence-electron chi connectivity index (χ4n) is 4.17. The SMILES string of the molecule is CCc1cccc(NC(=O)N[C@H]2C[C@H]3C(=O)N[C@@H](CSCc4ccccc4)C(=O)N3C2)c1. The molecule has 2 aliphatic rings. The van der Waals surface area contributed by atoms with E-state index in [0.717, 1.165) is 23.4 Å². The van der Waals surface area contributed by atoms with Crippen LogP contribution in [0.3, 0.4) is 0 Å². The molecule has 2 aliphatic heterocycles. The molecule has 4 rings (SSSR count). The Balaban J connectivity index is 1.29. The van der Waals surface area contributed by atoms with Gasteiger partial charge in [0.25, 0.3) is 0 Å². The molecule has 7 nitrogen and oxygen atoms in total. The molecule has 2 fully saturated rings. The predicted molar refractivity (Wildman–Crippen MR) is 126 cm³/mol. The minimum absolute atomic E-state index is 0.0736. The average Bonchev–Trinajstić information content (AvgIpc) is 3.22. The minimum atomic E-state index is -0.531. The van der Waals surface area contributed by atoms with Gasteiger partial charge in [-0.15, -0.1) is 0 Å². The van der Waals surface area contributed by atoms with Crippen molar-refractivity contribution in [1.82, 2.24) is 15.5 Å². The zero-order chi connectivity index (χ0) is 22.5. The van der Waals surface area contributed by atoms with Crippen LogP contribution in [-0.4, -0.2) is 53.2 Å². The lowest BCUT2D eigenvalue weighted by Crippen LogP contribution is -2.61. The monoisotopic (exact) mass is 452 g/mol. The minimum Gasteiger partial charge on any atom is -0.342 e. The third-order valence-corrected chi connectivity index (χ3v) is 6.93. The summed E-state index contributed by atoms with van der Waals surface area (Å²) in [5, 5.41) is 8.63. The summed E-state index contributed by atoms with van der Waals surface area (Å²) in [5.41, 5.74) is 3.05. The van der Waals surface area contributed by atoms with Gasteiger partial charge in [0.05, 0.1) is 6.04 Å². The maximum Gasteiger partial charge on any atom is 0.319 e. The van der Waals surface area contributed by atoms with Gasteiger partial charge in [-0.25, -0.2) is 4.79 Å². The molecule has 32 heavy (non-hydrogen) atoms. The van der Waals surface area contributed by atoms with E-state index in [1.54, 1.807) is 16.7 Å². The number of hydrogen-bond acceptors (Lipinski definition) is 4. The molecule has 0 unspecified atom stereocenters. The molecule has 0 saturated carbocycles. The molecule has 2 aromatic carbocycles. The van der Waals surface area contributed by atoms with Crippen LogP contribution in [0.25, 0.3) is 0 Å². The third kappa shape index (κ3) is 5.24. The number of nitrogens with one attached hydrogen (secondary N) is 3. The van der Waals surface area contributed by atoms with Crippen LogP contribution in [0.5, 0.6) is 0 Å². The Labute approximate surface area is 192 Å². The number of thioether (sulfide) groups is 1. The maximum atomic E-state index is 13.0. The first-order valence-electron chi connectivity index (χ1n) is 10.9.